The van der Waals surface area contributed by atoms with Crippen molar-refractivity contribution in [2.75, 3.05) is 12.8 Å². The summed E-state index contributed by atoms with van der Waals surface area (Å²) in [5, 5.41) is 3.98. The number of carbonyl (C=O) groups is 1. The molecule has 2 aromatic rings. The molecule has 0 spiro atoms. The molecule has 0 unspecified atom stereocenters. The third-order valence-electron chi connectivity index (χ3n) is 2.55. The first-order valence-corrected chi connectivity index (χ1v) is 5.56. The number of hydrogen-bond acceptors (Lipinski definition) is 4. The average Bonchev–Trinajstić information content (AvgIpc) is 2.76. The first kappa shape index (κ1) is 12.1. The van der Waals surface area contributed by atoms with Crippen LogP contribution in [0.2, 0.25) is 0 Å². The largest absolute Gasteiger partial charge is 0.396 e. The van der Waals surface area contributed by atoms with Crippen molar-refractivity contribution >= 4 is 11.6 Å². The standard InChI is InChI=1S/C12H15N5O/c1-16(7-10-2-4-14-5-3-10)12(18)9-17-8-11(13)6-15-17/h2-6,8H,7,9,13H2,1H3. The fourth-order valence-corrected chi connectivity index (χ4v) is 1.58. The van der Waals surface area contributed by atoms with Crippen LogP contribution in [0.15, 0.2) is 36.9 Å². The van der Waals surface area contributed by atoms with Gasteiger partial charge in [0.1, 0.15) is 6.54 Å². The molecule has 0 aromatic carbocycles. The summed E-state index contributed by atoms with van der Waals surface area (Å²) in [4.78, 5) is 17.5. The highest BCUT2D eigenvalue weighted by molar-refractivity contribution is 5.75. The maximum Gasteiger partial charge on any atom is 0.244 e. The zero-order valence-corrected chi connectivity index (χ0v) is 10.2. The van der Waals surface area contributed by atoms with Gasteiger partial charge in [-0.2, -0.15) is 5.10 Å². The molecule has 0 aliphatic heterocycles. The Bertz CT molecular complexity index is 522. The van der Waals surface area contributed by atoms with Gasteiger partial charge in [0.2, 0.25) is 5.91 Å². The zero-order chi connectivity index (χ0) is 13.0. The molecular weight excluding hydrogens is 230 g/mol. The molecule has 0 aliphatic rings. The molecule has 0 atom stereocenters. The van der Waals surface area contributed by atoms with Crippen LogP contribution in [-0.2, 0) is 17.9 Å². The van der Waals surface area contributed by atoms with Crippen molar-refractivity contribution < 1.29 is 4.79 Å². The smallest absolute Gasteiger partial charge is 0.244 e. The fraction of sp³-hybridized carbons (Fsp3) is 0.250. The lowest BCUT2D eigenvalue weighted by Crippen LogP contribution is -2.29. The summed E-state index contributed by atoms with van der Waals surface area (Å²) in [6.45, 7) is 0.747. The second-order valence-corrected chi connectivity index (χ2v) is 4.08. The molecule has 2 aromatic heterocycles. The van der Waals surface area contributed by atoms with Gasteiger partial charge in [-0.3, -0.25) is 14.5 Å². The van der Waals surface area contributed by atoms with Gasteiger partial charge in [0.05, 0.1) is 11.9 Å². The van der Waals surface area contributed by atoms with Crippen LogP contribution >= 0.6 is 0 Å². The number of aromatic nitrogens is 3. The third-order valence-corrected chi connectivity index (χ3v) is 2.55. The Balaban J connectivity index is 1.93. The fourth-order valence-electron chi connectivity index (χ4n) is 1.58. The van der Waals surface area contributed by atoms with Gasteiger partial charge in [-0.25, -0.2) is 0 Å². The Kier molecular flexibility index (Phi) is 3.57. The minimum atomic E-state index is -0.0186. The Labute approximate surface area is 105 Å². The van der Waals surface area contributed by atoms with Gasteiger partial charge in [-0.05, 0) is 17.7 Å². The van der Waals surface area contributed by atoms with Crippen molar-refractivity contribution in [3.63, 3.8) is 0 Å². The third kappa shape index (κ3) is 3.07. The molecule has 0 saturated heterocycles. The average molecular weight is 245 g/mol. The number of amides is 1. The molecule has 1 amide bonds. The number of carbonyl (C=O) groups excluding carboxylic acids is 1. The molecule has 2 heterocycles. The number of anilines is 1. The quantitative estimate of drug-likeness (QED) is 0.851. The summed E-state index contributed by atoms with van der Waals surface area (Å²) in [5.41, 5.74) is 7.14. The number of likely N-dealkylation sites (N-methyl/N-ethyl adjacent to an activating group) is 1. The van der Waals surface area contributed by atoms with Crippen molar-refractivity contribution in [3.8, 4) is 0 Å². The van der Waals surface area contributed by atoms with E-state index >= 15 is 0 Å². The van der Waals surface area contributed by atoms with Crippen LogP contribution in [0.3, 0.4) is 0 Å². The molecule has 6 heteroatoms. The normalized spacial score (nSPS) is 10.3. The lowest BCUT2D eigenvalue weighted by atomic mass is 10.2. The van der Waals surface area contributed by atoms with Gasteiger partial charge in [0.15, 0.2) is 0 Å². The minimum Gasteiger partial charge on any atom is -0.396 e. The maximum absolute atomic E-state index is 11.9. The van der Waals surface area contributed by atoms with Crippen LogP contribution in [0.25, 0.3) is 0 Å². The first-order valence-electron chi connectivity index (χ1n) is 5.56. The van der Waals surface area contributed by atoms with E-state index in [0.717, 1.165) is 5.56 Å². The summed E-state index contributed by atoms with van der Waals surface area (Å²) in [6, 6.07) is 3.77. The SMILES string of the molecule is CN(Cc1ccncc1)C(=O)Cn1cc(N)cn1. The molecule has 0 fully saturated rings. The molecule has 0 bridgehead atoms. The van der Waals surface area contributed by atoms with Crippen LogP contribution in [0.5, 0.6) is 0 Å². The highest BCUT2D eigenvalue weighted by Gasteiger charge is 2.10. The number of pyridine rings is 1. The summed E-state index contributed by atoms with van der Waals surface area (Å²) >= 11 is 0. The van der Waals surface area contributed by atoms with Crippen LogP contribution in [0.1, 0.15) is 5.56 Å². The van der Waals surface area contributed by atoms with Crippen molar-refractivity contribution in [3.05, 3.63) is 42.5 Å². The van der Waals surface area contributed by atoms with Crippen molar-refractivity contribution in [1.82, 2.24) is 19.7 Å². The van der Waals surface area contributed by atoms with E-state index in [0.29, 0.717) is 12.2 Å². The predicted octanol–water partition coefficient (Wildman–Crippen LogP) is 0.519. The summed E-state index contributed by atoms with van der Waals surface area (Å²) in [6.07, 6.45) is 6.58. The number of hydrogen-bond donors (Lipinski definition) is 1. The second kappa shape index (κ2) is 5.31. The van der Waals surface area contributed by atoms with Crippen LogP contribution in [0, 0.1) is 0 Å². The first-order chi connectivity index (χ1) is 8.65. The molecule has 2 rings (SSSR count). The van der Waals surface area contributed by atoms with Gasteiger partial charge in [-0.1, -0.05) is 0 Å². The Hall–Kier alpha value is -2.37. The Morgan fingerprint density at radius 1 is 1.44 bits per heavy atom. The molecule has 94 valence electrons. The summed E-state index contributed by atoms with van der Waals surface area (Å²) in [5.74, 6) is -0.0186. The lowest BCUT2D eigenvalue weighted by molar-refractivity contribution is -0.131. The lowest BCUT2D eigenvalue weighted by Gasteiger charge is -2.17. The molecule has 18 heavy (non-hydrogen) atoms. The van der Waals surface area contributed by atoms with E-state index in [2.05, 4.69) is 10.1 Å². The monoisotopic (exact) mass is 245 g/mol. The van der Waals surface area contributed by atoms with Gasteiger partial charge >= 0.3 is 0 Å². The topological polar surface area (TPSA) is 77.0 Å². The molecule has 6 nitrogen and oxygen atoms in total. The maximum atomic E-state index is 11.9. The predicted molar refractivity (Wildman–Crippen MR) is 67.4 cm³/mol. The van der Waals surface area contributed by atoms with Crippen molar-refractivity contribution in [2.24, 2.45) is 0 Å². The van der Waals surface area contributed by atoms with Crippen molar-refractivity contribution in [1.29, 1.82) is 0 Å². The van der Waals surface area contributed by atoms with Gasteiger partial charge in [0.25, 0.3) is 0 Å². The van der Waals surface area contributed by atoms with Crippen LogP contribution < -0.4 is 5.73 Å². The second-order valence-electron chi connectivity index (χ2n) is 4.08. The molecule has 0 aliphatic carbocycles. The Morgan fingerprint density at radius 2 is 2.17 bits per heavy atom. The summed E-state index contributed by atoms with van der Waals surface area (Å²) < 4.78 is 1.53. The van der Waals surface area contributed by atoms with Gasteiger partial charge in [-0.15, -0.1) is 0 Å². The van der Waals surface area contributed by atoms with E-state index in [1.54, 1.807) is 30.5 Å². The van der Waals surface area contributed by atoms with Gasteiger partial charge in [0, 0.05) is 32.2 Å². The molecular formula is C12H15N5O. The van der Waals surface area contributed by atoms with Crippen LogP contribution in [0.4, 0.5) is 5.69 Å². The number of nitrogen functional groups attached to an aromatic ring is 1. The molecule has 2 N–H and O–H groups in total. The zero-order valence-electron chi connectivity index (χ0n) is 10.2. The number of rotatable bonds is 4. The van der Waals surface area contributed by atoms with Gasteiger partial charge < -0.3 is 10.6 Å². The molecule has 0 radical (unpaired) electrons. The van der Waals surface area contributed by atoms with Crippen LogP contribution in [-0.4, -0.2) is 32.6 Å². The number of nitrogens with two attached hydrogens (primary N) is 1. The number of nitrogens with zero attached hydrogens (tertiary/aromatic N) is 4. The van der Waals surface area contributed by atoms with E-state index in [4.69, 9.17) is 5.73 Å². The van der Waals surface area contributed by atoms with E-state index in [1.165, 1.54) is 10.9 Å². The van der Waals surface area contributed by atoms with Crippen molar-refractivity contribution in [2.45, 2.75) is 13.1 Å². The molecule has 0 saturated carbocycles. The minimum absolute atomic E-state index is 0.0186. The highest BCUT2D eigenvalue weighted by Crippen LogP contribution is 2.03. The van der Waals surface area contributed by atoms with E-state index < -0.39 is 0 Å². The Morgan fingerprint density at radius 3 is 2.78 bits per heavy atom. The van der Waals surface area contributed by atoms with E-state index in [-0.39, 0.29) is 12.5 Å². The highest BCUT2D eigenvalue weighted by atomic mass is 16.2. The van der Waals surface area contributed by atoms with E-state index in [9.17, 15) is 4.79 Å². The summed E-state index contributed by atoms with van der Waals surface area (Å²) in [7, 11) is 1.76. The van der Waals surface area contributed by atoms with E-state index in [1.807, 2.05) is 12.1 Å².